The number of likely N-dealkylation sites (tertiary alicyclic amines) is 1. The molecule has 2 aliphatic heterocycles. The molecule has 5 nitrogen and oxygen atoms in total. The predicted molar refractivity (Wildman–Crippen MR) is 86.4 cm³/mol. The molecule has 0 aromatic carbocycles. The maximum absolute atomic E-state index is 13.2. The summed E-state index contributed by atoms with van der Waals surface area (Å²) in [7, 11) is 4.16. The monoisotopic (exact) mass is 296 g/mol. The first-order valence-corrected chi connectivity index (χ1v) is 8.39. The average Bonchev–Trinajstić information content (AvgIpc) is 2.47. The highest BCUT2D eigenvalue weighted by Gasteiger charge is 2.43. The summed E-state index contributed by atoms with van der Waals surface area (Å²) in [5.74, 6) is 0.298. The van der Waals surface area contributed by atoms with Crippen molar-refractivity contribution in [3.63, 3.8) is 0 Å². The van der Waals surface area contributed by atoms with E-state index in [1.165, 1.54) is 0 Å². The van der Waals surface area contributed by atoms with Gasteiger partial charge in [0.15, 0.2) is 0 Å². The van der Waals surface area contributed by atoms with E-state index in [2.05, 4.69) is 36.4 Å². The average molecular weight is 296 g/mol. The number of rotatable bonds is 4. The molecule has 0 saturated carbocycles. The standard InChI is InChI=1S/C16H32N4O/c1-13(2)18-16(7-9-17-10-8-16)15(21)20(4)14-5-11-19(3)12-6-14/h13-14,17-18H,5-12H2,1-4H3. The van der Waals surface area contributed by atoms with Crippen LogP contribution < -0.4 is 10.6 Å². The zero-order chi connectivity index (χ0) is 15.5. The summed E-state index contributed by atoms with van der Waals surface area (Å²) in [5, 5.41) is 6.96. The van der Waals surface area contributed by atoms with Crippen LogP contribution in [-0.4, -0.2) is 73.6 Å². The SMILES string of the molecule is CC(C)NC1(C(=O)N(C)C2CCN(C)CC2)CCNCC1. The molecule has 2 saturated heterocycles. The van der Waals surface area contributed by atoms with Gasteiger partial charge in [0.2, 0.25) is 5.91 Å². The summed E-state index contributed by atoms with van der Waals surface area (Å²) < 4.78 is 0. The van der Waals surface area contributed by atoms with Gasteiger partial charge in [0.1, 0.15) is 5.54 Å². The van der Waals surface area contributed by atoms with Gasteiger partial charge < -0.3 is 20.4 Å². The molecular formula is C16H32N4O. The van der Waals surface area contributed by atoms with Gasteiger partial charge in [-0.1, -0.05) is 0 Å². The van der Waals surface area contributed by atoms with Gasteiger partial charge in [-0.15, -0.1) is 0 Å². The van der Waals surface area contributed by atoms with E-state index in [-0.39, 0.29) is 5.54 Å². The lowest BCUT2D eigenvalue weighted by Crippen LogP contribution is -2.64. The number of nitrogens with zero attached hydrogens (tertiary/aromatic N) is 2. The first-order valence-electron chi connectivity index (χ1n) is 8.39. The number of likely N-dealkylation sites (N-methyl/N-ethyl adjacent to an activating group) is 1. The molecule has 2 fully saturated rings. The highest BCUT2D eigenvalue weighted by Crippen LogP contribution is 2.25. The van der Waals surface area contributed by atoms with E-state index in [9.17, 15) is 4.79 Å². The highest BCUT2D eigenvalue weighted by atomic mass is 16.2. The van der Waals surface area contributed by atoms with E-state index in [0.29, 0.717) is 18.0 Å². The van der Waals surface area contributed by atoms with Gasteiger partial charge in [0.25, 0.3) is 0 Å². The summed E-state index contributed by atoms with van der Waals surface area (Å²) in [4.78, 5) is 17.5. The number of carbonyl (C=O) groups is 1. The van der Waals surface area contributed by atoms with Crippen molar-refractivity contribution in [3.05, 3.63) is 0 Å². The first-order chi connectivity index (χ1) is 9.94. The molecule has 0 aromatic heterocycles. The number of carbonyl (C=O) groups excluding carboxylic acids is 1. The van der Waals surface area contributed by atoms with Crippen molar-refractivity contribution in [2.45, 2.75) is 57.2 Å². The van der Waals surface area contributed by atoms with Gasteiger partial charge in [0.05, 0.1) is 0 Å². The minimum atomic E-state index is -0.364. The summed E-state index contributed by atoms with van der Waals surface area (Å²) in [6, 6.07) is 0.729. The Morgan fingerprint density at radius 2 is 1.86 bits per heavy atom. The third kappa shape index (κ3) is 3.96. The lowest BCUT2D eigenvalue weighted by molar-refractivity contribution is -0.141. The fraction of sp³-hybridized carbons (Fsp3) is 0.938. The van der Waals surface area contributed by atoms with E-state index in [1.54, 1.807) is 0 Å². The summed E-state index contributed by atoms with van der Waals surface area (Å²) in [5.41, 5.74) is -0.364. The second-order valence-electron chi connectivity index (χ2n) is 7.08. The zero-order valence-electron chi connectivity index (χ0n) is 14.1. The minimum Gasteiger partial charge on any atom is -0.341 e. The fourth-order valence-electron chi connectivity index (χ4n) is 3.71. The van der Waals surface area contributed by atoms with Crippen LogP contribution in [0.1, 0.15) is 39.5 Å². The van der Waals surface area contributed by atoms with Gasteiger partial charge in [-0.05, 0) is 72.8 Å². The molecule has 0 radical (unpaired) electrons. The Labute approximate surface area is 129 Å². The summed E-state index contributed by atoms with van der Waals surface area (Å²) >= 11 is 0. The molecule has 0 unspecified atom stereocenters. The lowest BCUT2D eigenvalue weighted by Gasteiger charge is -2.44. The van der Waals surface area contributed by atoms with Crippen LogP contribution in [0.25, 0.3) is 0 Å². The van der Waals surface area contributed by atoms with Gasteiger partial charge >= 0.3 is 0 Å². The normalized spacial score (nSPS) is 24.2. The quantitative estimate of drug-likeness (QED) is 0.800. The Balaban J connectivity index is 2.06. The van der Waals surface area contributed by atoms with Gasteiger partial charge in [0, 0.05) is 19.1 Å². The lowest BCUT2D eigenvalue weighted by atomic mass is 9.85. The molecule has 0 atom stereocenters. The van der Waals surface area contributed by atoms with E-state index < -0.39 is 0 Å². The van der Waals surface area contributed by atoms with E-state index in [1.807, 2.05) is 11.9 Å². The van der Waals surface area contributed by atoms with E-state index in [4.69, 9.17) is 0 Å². The Bertz CT molecular complexity index is 344. The van der Waals surface area contributed by atoms with Crippen molar-refractivity contribution < 1.29 is 4.79 Å². The Morgan fingerprint density at radius 3 is 2.38 bits per heavy atom. The van der Waals surface area contributed by atoms with Crippen LogP contribution in [0.3, 0.4) is 0 Å². The summed E-state index contributed by atoms with van der Waals surface area (Å²) in [6.07, 6.45) is 3.96. The van der Waals surface area contributed by atoms with Crippen molar-refractivity contribution in [1.82, 2.24) is 20.4 Å². The fourth-order valence-corrected chi connectivity index (χ4v) is 3.71. The maximum atomic E-state index is 13.2. The molecule has 2 rings (SSSR count). The van der Waals surface area contributed by atoms with E-state index >= 15 is 0 Å². The Hall–Kier alpha value is -0.650. The molecular weight excluding hydrogens is 264 g/mol. The van der Waals surface area contributed by atoms with Gasteiger partial charge in [-0.2, -0.15) is 0 Å². The molecule has 1 amide bonds. The number of hydrogen-bond donors (Lipinski definition) is 2. The molecule has 0 aromatic rings. The molecule has 2 N–H and O–H groups in total. The van der Waals surface area contributed by atoms with E-state index in [0.717, 1.165) is 51.9 Å². The molecule has 21 heavy (non-hydrogen) atoms. The number of piperidine rings is 2. The largest absolute Gasteiger partial charge is 0.341 e. The highest BCUT2D eigenvalue weighted by molar-refractivity contribution is 5.86. The van der Waals surface area contributed by atoms with Crippen molar-refractivity contribution in [3.8, 4) is 0 Å². The summed E-state index contributed by atoms with van der Waals surface area (Å²) in [6.45, 7) is 8.29. The second-order valence-corrected chi connectivity index (χ2v) is 7.08. The number of amides is 1. The van der Waals surface area contributed by atoms with Crippen molar-refractivity contribution >= 4 is 5.91 Å². The van der Waals surface area contributed by atoms with Crippen LogP contribution in [0.15, 0.2) is 0 Å². The molecule has 0 spiro atoms. The van der Waals surface area contributed by atoms with Crippen molar-refractivity contribution in [1.29, 1.82) is 0 Å². The smallest absolute Gasteiger partial charge is 0.242 e. The van der Waals surface area contributed by atoms with Gasteiger partial charge in [-0.25, -0.2) is 0 Å². The molecule has 2 heterocycles. The third-order valence-electron chi connectivity index (χ3n) is 4.99. The number of nitrogens with one attached hydrogen (secondary N) is 2. The topological polar surface area (TPSA) is 47.6 Å². The minimum absolute atomic E-state index is 0.298. The molecule has 0 bridgehead atoms. The second kappa shape index (κ2) is 7.07. The third-order valence-corrected chi connectivity index (χ3v) is 4.99. The zero-order valence-corrected chi connectivity index (χ0v) is 14.1. The van der Waals surface area contributed by atoms with Crippen molar-refractivity contribution in [2.24, 2.45) is 0 Å². The Kier molecular flexibility index (Phi) is 5.63. The van der Waals surface area contributed by atoms with Crippen LogP contribution in [0.2, 0.25) is 0 Å². The van der Waals surface area contributed by atoms with Crippen molar-refractivity contribution in [2.75, 3.05) is 40.3 Å². The van der Waals surface area contributed by atoms with Crippen LogP contribution in [0.4, 0.5) is 0 Å². The first kappa shape index (κ1) is 16.7. The molecule has 122 valence electrons. The van der Waals surface area contributed by atoms with Crippen LogP contribution in [0.5, 0.6) is 0 Å². The number of hydrogen-bond acceptors (Lipinski definition) is 4. The molecule has 2 aliphatic rings. The Morgan fingerprint density at radius 1 is 1.29 bits per heavy atom. The van der Waals surface area contributed by atoms with Gasteiger partial charge in [-0.3, -0.25) is 4.79 Å². The van der Waals surface area contributed by atoms with Crippen LogP contribution in [0, 0.1) is 0 Å². The molecule has 0 aliphatic carbocycles. The van der Waals surface area contributed by atoms with Crippen LogP contribution >= 0.6 is 0 Å². The molecule has 5 heteroatoms. The maximum Gasteiger partial charge on any atom is 0.242 e. The predicted octanol–water partition coefficient (Wildman–Crippen LogP) is 0.659. The van der Waals surface area contributed by atoms with Crippen LogP contribution in [-0.2, 0) is 4.79 Å².